The van der Waals surface area contributed by atoms with Crippen LogP contribution in [0.15, 0.2) is 28.7 Å². The molecule has 3 nitrogen and oxygen atoms in total. The SMILES string of the molecule is CC(CNCC(O)COc1cccc(Br)c1)C1CC1. The van der Waals surface area contributed by atoms with Crippen LogP contribution in [0.3, 0.4) is 0 Å². The molecule has 0 aliphatic heterocycles. The highest BCUT2D eigenvalue weighted by Gasteiger charge is 2.27. The maximum atomic E-state index is 9.85. The number of rotatable bonds is 8. The Labute approximate surface area is 123 Å². The van der Waals surface area contributed by atoms with Crippen molar-refractivity contribution in [2.24, 2.45) is 11.8 Å². The molecule has 0 bridgehead atoms. The fourth-order valence-corrected chi connectivity index (χ4v) is 2.50. The topological polar surface area (TPSA) is 41.5 Å². The van der Waals surface area contributed by atoms with E-state index < -0.39 is 6.10 Å². The fourth-order valence-electron chi connectivity index (χ4n) is 2.12. The number of ether oxygens (including phenoxy) is 1. The molecule has 1 aliphatic carbocycles. The molecular formula is C15H22BrNO2. The van der Waals surface area contributed by atoms with E-state index >= 15 is 0 Å². The lowest BCUT2D eigenvalue weighted by Crippen LogP contribution is -2.34. The number of nitrogens with one attached hydrogen (secondary N) is 1. The second-order valence-electron chi connectivity index (χ2n) is 5.40. The summed E-state index contributed by atoms with van der Waals surface area (Å²) in [4.78, 5) is 0. The predicted octanol–water partition coefficient (Wildman–Crippen LogP) is 2.82. The van der Waals surface area contributed by atoms with Crippen molar-refractivity contribution in [2.45, 2.75) is 25.9 Å². The number of hydrogen-bond acceptors (Lipinski definition) is 3. The Balaban J connectivity index is 1.60. The Bertz CT molecular complexity index is 395. The van der Waals surface area contributed by atoms with E-state index in [2.05, 4.69) is 28.2 Å². The summed E-state index contributed by atoms with van der Waals surface area (Å²) in [7, 11) is 0. The van der Waals surface area contributed by atoms with Gasteiger partial charge in [-0.15, -0.1) is 0 Å². The maximum absolute atomic E-state index is 9.85. The number of aliphatic hydroxyl groups is 1. The van der Waals surface area contributed by atoms with E-state index in [1.807, 2.05) is 24.3 Å². The first-order chi connectivity index (χ1) is 9.15. The van der Waals surface area contributed by atoms with Crippen LogP contribution in [0.5, 0.6) is 5.75 Å². The maximum Gasteiger partial charge on any atom is 0.120 e. The van der Waals surface area contributed by atoms with Crippen LogP contribution in [-0.4, -0.2) is 30.9 Å². The van der Waals surface area contributed by atoms with Gasteiger partial charge in [0.15, 0.2) is 0 Å². The molecule has 2 unspecified atom stereocenters. The molecule has 0 radical (unpaired) electrons. The van der Waals surface area contributed by atoms with Gasteiger partial charge in [-0.3, -0.25) is 0 Å². The van der Waals surface area contributed by atoms with Crippen molar-refractivity contribution in [3.63, 3.8) is 0 Å². The Morgan fingerprint density at radius 3 is 2.89 bits per heavy atom. The average Bonchev–Trinajstić information content (AvgIpc) is 3.20. The van der Waals surface area contributed by atoms with Gasteiger partial charge in [0.1, 0.15) is 18.5 Å². The minimum Gasteiger partial charge on any atom is -0.491 e. The van der Waals surface area contributed by atoms with Crippen molar-refractivity contribution >= 4 is 15.9 Å². The molecule has 0 amide bonds. The van der Waals surface area contributed by atoms with Gasteiger partial charge < -0.3 is 15.2 Å². The van der Waals surface area contributed by atoms with Gasteiger partial charge in [0.25, 0.3) is 0 Å². The van der Waals surface area contributed by atoms with Gasteiger partial charge in [0, 0.05) is 11.0 Å². The van der Waals surface area contributed by atoms with E-state index in [0.29, 0.717) is 13.2 Å². The molecule has 19 heavy (non-hydrogen) atoms. The Hall–Kier alpha value is -0.580. The minimum absolute atomic E-state index is 0.321. The first kappa shape index (κ1) is 14.8. The molecule has 106 valence electrons. The zero-order chi connectivity index (χ0) is 13.7. The Morgan fingerprint density at radius 1 is 1.42 bits per heavy atom. The standard InChI is InChI=1S/C15H22BrNO2/c1-11(12-5-6-12)8-17-9-14(18)10-19-15-4-2-3-13(16)7-15/h2-4,7,11-12,14,17-18H,5-6,8-10H2,1H3. The molecular weight excluding hydrogens is 306 g/mol. The summed E-state index contributed by atoms with van der Waals surface area (Å²) in [6, 6.07) is 7.65. The van der Waals surface area contributed by atoms with Gasteiger partial charge in [-0.1, -0.05) is 28.9 Å². The molecule has 1 saturated carbocycles. The van der Waals surface area contributed by atoms with E-state index in [1.165, 1.54) is 12.8 Å². The lowest BCUT2D eigenvalue weighted by Gasteiger charge is -2.15. The summed E-state index contributed by atoms with van der Waals surface area (Å²) < 4.78 is 6.53. The quantitative estimate of drug-likeness (QED) is 0.771. The molecule has 2 rings (SSSR count). The van der Waals surface area contributed by atoms with Crippen LogP contribution in [0.25, 0.3) is 0 Å². The summed E-state index contributed by atoms with van der Waals surface area (Å²) in [5, 5.41) is 13.2. The zero-order valence-electron chi connectivity index (χ0n) is 11.3. The highest BCUT2D eigenvalue weighted by Crippen LogP contribution is 2.35. The Kier molecular flexibility index (Phi) is 5.67. The van der Waals surface area contributed by atoms with Crippen molar-refractivity contribution in [1.29, 1.82) is 0 Å². The van der Waals surface area contributed by atoms with Crippen molar-refractivity contribution in [1.82, 2.24) is 5.32 Å². The second-order valence-corrected chi connectivity index (χ2v) is 6.31. The third kappa shape index (κ3) is 5.51. The van der Waals surface area contributed by atoms with Gasteiger partial charge in [-0.25, -0.2) is 0 Å². The molecule has 0 spiro atoms. The molecule has 0 heterocycles. The van der Waals surface area contributed by atoms with E-state index in [1.54, 1.807) is 0 Å². The summed E-state index contributed by atoms with van der Waals surface area (Å²) in [6.07, 6.45) is 2.28. The smallest absolute Gasteiger partial charge is 0.120 e. The highest BCUT2D eigenvalue weighted by molar-refractivity contribution is 9.10. The van der Waals surface area contributed by atoms with Crippen molar-refractivity contribution < 1.29 is 9.84 Å². The molecule has 4 heteroatoms. The largest absolute Gasteiger partial charge is 0.491 e. The molecule has 2 atom stereocenters. The first-order valence-corrected chi connectivity index (χ1v) is 7.71. The number of halogens is 1. The molecule has 0 saturated heterocycles. The van der Waals surface area contributed by atoms with Crippen molar-refractivity contribution in [3.8, 4) is 5.75 Å². The molecule has 2 N–H and O–H groups in total. The minimum atomic E-state index is -0.467. The van der Waals surface area contributed by atoms with E-state index in [-0.39, 0.29) is 0 Å². The first-order valence-electron chi connectivity index (χ1n) is 6.92. The Morgan fingerprint density at radius 2 is 2.21 bits per heavy atom. The summed E-state index contributed by atoms with van der Waals surface area (Å²) in [5.41, 5.74) is 0. The number of aliphatic hydroxyl groups excluding tert-OH is 1. The van der Waals surface area contributed by atoms with Gasteiger partial charge in [-0.05, 0) is 49.4 Å². The third-order valence-corrected chi connectivity index (χ3v) is 4.00. The molecule has 0 aromatic heterocycles. The zero-order valence-corrected chi connectivity index (χ0v) is 12.9. The van der Waals surface area contributed by atoms with E-state index in [9.17, 15) is 5.11 Å². The molecule has 1 aromatic carbocycles. The summed E-state index contributed by atoms with van der Waals surface area (Å²) in [5.74, 6) is 2.40. The predicted molar refractivity (Wildman–Crippen MR) is 80.4 cm³/mol. The lowest BCUT2D eigenvalue weighted by atomic mass is 10.1. The number of benzene rings is 1. The third-order valence-electron chi connectivity index (χ3n) is 3.51. The van der Waals surface area contributed by atoms with Gasteiger partial charge in [0.05, 0.1) is 0 Å². The van der Waals surface area contributed by atoms with Crippen molar-refractivity contribution in [2.75, 3.05) is 19.7 Å². The molecule has 1 fully saturated rings. The van der Waals surface area contributed by atoms with Crippen LogP contribution in [0.2, 0.25) is 0 Å². The summed E-state index contributed by atoms with van der Waals surface area (Å²) >= 11 is 3.39. The molecule has 1 aliphatic rings. The van der Waals surface area contributed by atoms with Gasteiger partial charge in [-0.2, -0.15) is 0 Å². The van der Waals surface area contributed by atoms with Gasteiger partial charge >= 0.3 is 0 Å². The van der Waals surface area contributed by atoms with Crippen LogP contribution in [0.1, 0.15) is 19.8 Å². The fraction of sp³-hybridized carbons (Fsp3) is 0.600. The van der Waals surface area contributed by atoms with Crippen LogP contribution >= 0.6 is 15.9 Å². The van der Waals surface area contributed by atoms with E-state index in [0.717, 1.165) is 28.6 Å². The van der Waals surface area contributed by atoms with Crippen LogP contribution < -0.4 is 10.1 Å². The summed E-state index contributed by atoms with van der Waals surface area (Å²) in [6.45, 7) is 4.17. The van der Waals surface area contributed by atoms with Crippen molar-refractivity contribution in [3.05, 3.63) is 28.7 Å². The van der Waals surface area contributed by atoms with Crippen LogP contribution in [0.4, 0.5) is 0 Å². The highest BCUT2D eigenvalue weighted by atomic mass is 79.9. The van der Waals surface area contributed by atoms with Crippen LogP contribution in [-0.2, 0) is 0 Å². The average molecular weight is 328 g/mol. The molecule has 1 aromatic rings. The lowest BCUT2D eigenvalue weighted by molar-refractivity contribution is 0.105. The normalized spacial score (nSPS) is 18.1. The van der Waals surface area contributed by atoms with E-state index in [4.69, 9.17) is 4.74 Å². The number of hydrogen-bond donors (Lipinski definition) is 2. The second kappa shape index (κ2) is 7.27. The van der Waals surface area contributed by atoms with Gasteiger partial charge in [0.2, 0.25) is 0 Å². The monoisotopic (exact) mass is 327 g/mol. The van der Waals surface area contributed by atoms with Crippen LogP contribution in [0, 0.1) is 11.8 Å².